The van der Waals surface area contributed by atoms with Crippen molar-refractivity contribution in [1.29, 1.82) is 0 Å². The molecule has 0 unspecified atom stereocenters. The molecule has 0 saturated heterocycles. The number of hydrogen-bond donors (Lipinski definition) is 0. The van der Waals surface area contributed by atoms with E-state index in [9.17, 15) is 0 Å². The largest absolute Gasteiger partial charge is 0.252 e. The molecule has 0 spiro atoms. The first-order valence-electron chi connectivity index (χ1n) is 3.69. The third-order valence-electron chi connectivity index (χ3n) is 1.73. The van der Waals surface area contributed by atoms with E-state index in [-0.39, 0.29) is 0 Å². The van der Waals surface area contributed by atoms with Gasteiger partial charge >= 0.3 is 0 Å². The smallest absolute Gasteiger partial charge is 0.169 e. The second kappa shape index (κ2) is 2.51. The molecule has 0 bridgehead atoms. The Labute approximate surface area is 70.5 Å². The lowest BCUT2D eigenvalue weighted by atomic mass is 10.0. The Balaban J connectivity index is 2.95. The maximum Gasteiger partial charge on any atom is 0.169 e. The molecule has 0 aromatic carbocycles. The lowest BCUT2D eigenvalue weighted by molar-refractivity contribution is 1.01. The summed E-state index contributed by atoms with van der Waals surface area (Å²) in [6, 6.07) is 0. The summed E-state index contributed by atoms with van der Waals surface area (Å²) in [5.74, 6) is 0. The van der Waals surface area contributed by atoms with Crippen LogP contribution in [0.2, 0.25) is 0 Å². The molecule has 0 aliphatic rings. The quantitative estimate of drug-likeness (QED) is 0.460. The fourth-order valence-electron chi connectivity index (χ4n) is 1.11. The van der Waals surface area contributed by atoms with Crippen molar-refractivity contribution in [1.82, 2.24) is 20.2 Å². The van der Waals surface area contributed by atoms with Crippen molar-refractivity contribution in [2.75, 3.05) is 0 Å². The van der Waals surface area contributed by atoms with Crippen LogP contribution in [0.1, 0.15) is 5.69 Å². The zero-order valence-electron chi connectivity index (χ0n) is 6.94. The molecular formula is C7H7BN4. The molecule has 0 aliphatic heterocycles. The van der Waals surface area contributed by atoms with Gasteiger partial charge < -0.3 is 0 Å². The summed E-state index contributed by atoms with van der Waals surface area (Å²) in [5.41, 5.74) is 3.32. The molecule has 2 heterocycles. The number of hydrogen-bond acceptors (Lipinski definition) is 4. The third kappa shape index (κ3) is 0.940. The number of aryl methyl sites for hydroxylation is 1. The zero-order chi connectivity index (χ0) is 8.55. The number of nitrogens with zero attached hydrogens (tertiary/aromatic N) is 4. The Morgan fingerprint density at radius 1 is 1.08 bits per heavy atom. The summed E-state index contributed by atoms with van der Waals surface area (Å²) >= 11 is 0. The van der Waals surface area contributed by atoms with Gasteiger partial charge in [-0.05, 0) is 6.92 Å². The van der Waals surface area contributed by atoms with Crippen LogP contribution in [-0.4, -0.2) is 28.0 Å². The van der Waals surface area contributed by atoms with Crippen LogP contribution in [0.3, 0.4) is 0 Å². The third-order valence-corrected chi connectivity index (χ3v) is 1.73. The molecule has 0 atom stereocenters. The van der Waals surface area contributed by atoms with Crippen LogP contribution in [0.4, 0.5) is 0 Å². The van der Waals surface area contributed by atoms with Crippen molar-refractivity contribution in [3.8, 4) is 0 Å². The Morgan fingerprint density at radius 3 is 2.42 bits per heavy atom. The van der Waals surface area contributed by atoms with Crippen LogP contribution in [0, 0.1) is 6.92 Å². The molecule has 2 aromatic heterocycles. The highest BCUT2D eigenvalue weighted by molar-refractivity contribution is 6.36. The predicted molar refractivity (Wildman–Crippen MR) is 48.0 cm³/mol. The fourth-order valence-corrected chi connectivity index (χ4v) is 1.11. The lowest BCUT2D eigenvalue weighted by Crippen LogP contribution is -2.14. The molecule has 0 radical (unpaired) electrons. The number of fused-ring (bicyclic) bond motifs is 1. The highest BCUT2D eigenvalue weighted by Crippen LogP contribution is 2.04. The molecule has 0 fully saturated rings. The molecular weight excluding hydrogens is 151 g/mol. The van der Waals surface area contributed by atoms with Crippen molar-refractivity contribution >= 4 is 24.5 Å². The van der Waals surface area contributed by atoms with Gasteiger partial charge in [-0.1, -0.05) is 0 Å². The maximum atomic E-state index is 4.18. The summed E-state index contributed by atoms with van der Waals surface area (Å²) in [7, 11) is 1.88. The number of rotatable bonds is 0. The number of aromatic nitrogens is 4. The van der Waals surface area contributed by atoms with Crippen molar-refractivity contribution in [3.05, 3.63) is 18.1 Å². The Bertz CT molecular complexity index is 388. The first-order chi connectivity index (χ1) is 5.79. The van der Waals surface area contributed by atoms with Crippen LogP contribution in [0.5, 0.6) is 0 Å². The van der Waals surface area contributed by atoms with E-state index in [2.05, 4.69) is 20.2 Å². The molecule has 2 aromatic rings. The van der Waals surface area contributed by atoms with E-state index in [4.69, 9.17) is 0 Å². The first-order valence-corrected chi connectivity index (χ1v) is 3.69. The van der Waals surface area contributed by atoms with E-state index in [0.29, 0.717) is 0 Å². The van der Waals surface area contributed by atoms with E-state index in [1.165, 1.54) is 0 Å². The lowest BCUT2D eigenvalue weighted by Gasteiger charge is -1.99. The van der Waals surface area contributed by atoms with Crippen molar-refractivity contribution in [2.45, 2.75) is 6.92 Å². The Morgan fingerprint density at radius 2 is 1.75 bits per heavy atom. The SMILES string of the molecule is Bc1nnc(C)c2nccnc12. The van der Waals surface area contributed by atoms with E-state index in [1.807, 2.05) is 14.8 Å². The highest BCUT2D eigenvalue weighted by atomic mass is 15.1. The normalized spacial score (nSPS) is 10.4. The van der Waals surface area contributed by atoms with Gasteiger partial charge in [-0.2, -0.15) is 10.2 Å². The van der Waals surface area contributed by atoms with E-state index >= 15 is 0 Å². The summed E-state index contributed by atoms with van der Waals surface area (Å²) in [6.07, 6.45) is 3.33. The van der Waals surface area contributed by atoms with Gasteiger partial charge in [-0.3, -0.25) is 9.97 Å². The molecule has 0 N–H and O–H groups in total. The Kier molecular flexibility index (Phi) is 1.50. The van der Waals surface area contributed by atoms with Crippen molar-refractivity contribution < 1.29 is 0 Å². The molecule has 4 nitrogen and oxygen atoms in total. The molecule has 5 heteroatoms. The van der Waals surface area contributed by atoms with Crippen LogP contribution in [0.15, 0.2) is 12.4 Å². The first kappa shape index (κ1) is 7.15. The molecule has 0 saturated carbocycles. The molecule has 58 valence electrons. The van der Waals surface area contributed by atoms with Crippen LogP contribution < -0.4 is 5.59 Å². The van der Waals surface area contributed by atoms with E-state index in [1.54, 1.807) is 12.4 Å². The van der Waals surface area contributed by atoms with Gasteiger partial charge in [0.05, 0.1) is 5.69 Å². The molecule has 12 heavy (non-hydrogen) atoms. The van der Waals surface area contributed by atoms with Gasteiger partial charge in [-0.25, -0.2) is 0 Å². The summed E-state index contributed by atoms with van der Waals surface area (Å²) in [6.45, 7) is 1.88. The molecule has 0 amide bonds. The van der Waals surface area contributed by atoms with Crippen LogP contribution in [-0.2, 0) is 0 Å². The zero-order valence-corrected chi connectivity index (χ0v) is 6.94. The van der Waals surface area contributed by atoms with Gasteiger partial charge in [0.1, 0.15) is 11.0 Å². The van der Waals surface area contributed by atoms with Gasteiger partial charge in [-0.15, -0.1) is 0 Å². The maximum absolute atomic E-state index is 4.18. The van der Waals surface area contributed by atoms with Crippen molar-refractivity contribution in [3.63, 3.8) is 0 Å². The minimum Gasteiger partial charge on any atom is -0.252 e. The average Bonchev–Trinajstić information content (AvgIpc) is 2.12. The summed E-state index contributed by atoms with van der Waals surface area (Å²) < 4.78 is 0. The minimum absolute atomic E-state index is 0.823. The minimum atomic E-state index is 0.823. The second-order valence-electron chi connectivity index (χ2n) is 2.62. The van der Waals surface area contributed by atoms with Gasteiger partial charge in [0.25, 0.3) is 0 Å². The second-order valence-corrected chi connectivity index (χ2v) is 2.62. The van der Waals surface area contributed by atoms with Gasteiger partial charge in [0.2, 0.25) is 0 Å². The van der Waals surface area contributed by atoms with Crippen molar-refractivity contribution in [2.24, 2.45) is 0 Å². The summed E-state index contributed by atoms with van der Waals surface area (Å²) in [5, 5.41) is 7.91. The van der Waals surface area contributed by atoms with E-state index in [0.717, 1.165) is 22.3 Å². The van der Waals surface area contributed by atoms with Gasteiger partial charge in [0.15, 0.2) is 7.85 Å². The Hall–Kier alpha value is -1.52. The van der Waals surface area contributed by atoms with Crippen LogP contribution >= 0.6 is 0 Å². The fraction of sp³-hybridized carbons (Fsp3) is 0.143. The topological polar surface area (TPSA) is 51.6 Å². The van der Waals surface area contributed by atoms with Crippen LogP contribution in [0.25, 0.3) is 11.0 Å². The monoisotopic (exact) mass is 158 g/mol. The standard InChI is InChI=1S/C7H7BN4/c1-4-5-6(7(8)12-11-4)10-3-2-9-5/h2-3H,8H2,1H3. The molecule has 2 rings (SSSR count). The highest BCUT2D eigenvalue weighted by Gasteiger charge is 2.03. The van der Waals surface area contributed by atoms with E-state index < -0.39 is 0 Å². The predicted octanol–water partition coefficient (Wildman–Crippen LogP) is -1.01. The average molecular weight is 158 g/mol. The summed E-state index contributed by atoms with van der Waals surface area (Å²) in [4.78, 5) is 8.35. The molecule has 0 aliphatic carbocycles. The van der Waals surface area contributed by atoms with Gasteiger partial charge in [0, 0.05) is 18.0 Å².